The summed E-state index contributed by atoms with van der Waals surface area (Å²) in [4.78, 5) is 31.2. The van der Waals surface area contributed by atoms with Crippen molar-refractivity contribution in [3.05, 3.63) is 95.2 Å². The largest absolute Gasteiger partial charge is 0.497 e. The number of hydrogen-bond donors (Lipinski definition) is 2. The van der Waals surface area contributed by atoms with Crippen LogP contribution in [0.5, 0.6) is 5.75 Å². The van der Waals surface area contributed by atoms with Gasteiger partial charge in [0, 0.05) is 36.3 Å². The summed E-state index contributed by atoms with van der Waals surface area (Å²) in [5.74, 6) is 0.114. The molecule has 43 heavy (non-hydrogen) atoms. The molecule has 3 aromatic carbocycles. The summed E-state index contributed by atoms with van der Waals surface area (Å²) in [6.45, 7) is 7.30. The van der Waals surface area contributed by atoms with Gasteiger partial charge in [-0.2, -0.15) is 0 Å². The second-order valence-corrected chi connectivity index (χ2v) is 10.8. The number of carboxylic acid groups (broad SMARTS) is 1. The average molecular weight is 583 g/mol. The Labute approximate surface area is 254 Å². The minimum atomic E-state index is -1.00. The first-order valence-corrected chi connectivity index (χ1v) is 15.0. The topological polar surface area (TPSA) is 111 Å². The van der Waals surface area contributed by atoms with Crippen molar-refractivity contribution < 1.29 is 19.4 Å². The Balaban J connectivity index is 1.80. The number of hydrogen-bond acceptors (Lipinski definition) is 5. The van der Waals surface area contributed by atoms with Gasteiger partial charge in [0.05, 0.1) is 24.9 Å². The predicted molar refractivity (Wildman–Crippen MR) is 170 cm³/mol. The zero-order chi connectivity index (χ0) is 30.8. The summed E-state index contributed by atoms with van der Waals surface area (Å²) in [6.07, 6.45) is 3.87. The summed E-state index contributed by atoms with van der Waals surface area (Å²) in [5.41, 5.74) is 11.3. The predicted octanol–water partition coefficient (Wildman–Crippen LogP) is 6.55. The third kappa shape index (κ3) is 8.11. The molecule has 0 aliphatic heterocycles. The second kappa shape index (κ2) is 15.2. The number of aromatic nitrogens is 2. The number of rotatable bonds is 16. The first-order chi connectivity index (χ1) is 20.8. The number of carbonyl (C=O) groups is 2. The van der Waals surface area contributed by atoms with Crippen molar-refractivity contribution in [1.82, 2.24) is 14.5 Å². The molecule has 0 saturated heterocycles. The summed E-state index contributed by atoms with van der Waals surface area (Å²) in [7, 11) is 1.66. The van der Waals surface area contributed by atoms with Gasteiger partial charge in [0.1, 0.15) is 11.6 Å². The van der Waals surface area contributed by atoms with Crippen LogP contribution in [0.4, 0.5) is 0 Å². The third-order valence-electron chi connectivity index (χ3n) is 7.59. The van der Waals surface area contributed by atoms with Gasteiger partial charge in [-0.25, -0.2) is 4.98 Å². The number of methoxy groups -OCH3 is 1. The number of nitrogens with two attached hydrogens (primary N) is 1. The Hall–Kier alpha value is -4.43. The highest BCUT2D eigenvalue weighted by atomic mass is 16.5. The second-order valence-electron chi connectivity index (χ2n) is 10.8. The van der Waals surface area contributed by atoms with Gasteiger partial charge in [-0.15, -0.1) is 0 Å². The Kier molecular flexibility index (Phi) is 11.1. The number of ether oxygens (including phenoxy) is 1. The van der Waals surface area contributed by atoms with Gasteiger partial charge in [0.25, 0.3) is 0 Å². The first-order valence-electron chi connectivity index (χ1n) is 15.0. The highest BCUT2D eigenvalue weighted by molar-refractivity contribution is 5.95. The van der Waals surface area contributed by atoms with Crippen LogP contribution in [0.15, 0.2) is 72.8 Å². The maximum Gasteiger partial charge on any atom is 0.307 e. The molecule has 8 nitrogen and oxygen atoms in total. The number of imidazole rings is 1. The first kappa shape index (κ1) is 31.5. The van der Waals surface area contributed by atoms with Crippen molar-refractivity contribution in [3.63, 3.8) is 0 Å². The smallest absolute Gasteiger partial charge is 0.307 e. The molecular formula is C35H42N4O4. The number of amides is 1. The summed E-state index contributed by atoms with van der Waals surface area (Å²) >= 11 is 0. The lowest BCUT2D eigenvalue weighted by Crippen LogP contribution is -2.26. The molecule has 0 unspecified atom stereocenters. The van der Waals surface area contributed by atoms with Gasteiger partial charge in [0.15, 0.2) is 0 Å². The minimum absolute atomic E-state index is 0.248. The van der Waals surface area contributed by atoms with E-state index in [2.05, 4.69) is 47.6 Å². The number of carbonyl (C=O) groups excluding carboxylic acids is 1. The number of carboxylic acids is 1. The monoisotopic (exact) mass is 582 g/mol. The zero-order valence-electron chi connectivity index (χ0n) is 25.4. The summed E-state index contributed by atoms with van der Waals surface area (Å²) in [5, 5.41) is 9.45. The molecule has 0 spiro atoms. The number of unbranched alkanes of at least 4 members (excludes halogenated alkanes) is 2. The molecule has 4 rings (SSSR count). The lowest BCUT2D eigenvalue weighted by molar-refractivity contribution is -0.136. The van der Waals surface area contributed by atoms with Crippen LogP contribution in [0.25, 0.3) is 22.6 Å². The van der Waals surface area contributed by atoms with E-state index in [4.69, 9.17) is 15.5 Å². The lowest BCUT2D eigenvalue weighted by Gasteiger charge is -2.25. The third-order valence-corrected chi connectivity index (χ3v) is 7.59. The molecule has 1 amide bonds. The zero-order valence-corrected chi connectivity index (χ0v) is 25.4. The average Bonchev–Trinajstić information content (AvgIpc) is 3.36. The van der Waals surface area contributed by atoms with Crippen molar-refractivity contribution >= 4 is 11.9 Å². The molecule has 1 aromatic heterocycles. The van der Waals surface area contributed by atoms with E-state index >= 15 is 0 Å². The summed E-state index contributed by atoms with van der Waals surface area (Å²) < 4.78 is 7.78. The van der Waals surface area contributed by atoms with Gasteiger partial charge in [-0.1, -0.05) is 69.2 Å². The van der Waals surface area contributed by atoms with Crippen molar-refractivity contribution in [2.75, 3.05) is 13.7 Å². The van der Waals surface area contributed by atoms with Crippen LogP contribution in [-0.2, 0) is 30.8 Å². The molecule has 0 aliphatic carbocycles. The Morgan fingerprint density at radius 3 is 2.28 bits per heavy atom. The van der Waals surface area contributed by atoms with E-state index in [1.54, 1.807) is 19.2 Å². The molecule has 0 bridgehead atoms. The highest BCUT2D eigenvalue weighted by Crippen LogP contribution is 2.32. The number of primary amides is 1. The van der Waals surface area contributed by atoms with Gasteiger partial charge in [0.2, 0.25) is 5.91 Å². The van der Waals surface area contributed by atoms with Gasteiger partial charge in [-0.05, 0) is 60.8 Å². The van der Waals surface area contributed by atoms with Crippen LogP contribution in [-0.4, -0.2) is 45.1 Å². The Bertz CT molecular complexity index is 1510. The van der Waals surface area contributed by atoms with Crippen LogP contribution in [0.2, 0.25) is 0 Å². The van der Waals surface area contributed by atoms with Crippen LogP contribution >= 0.6 is 0 Å². The van der Waals surface area contributed by atoms with E-state index in [1.807, 2.05) is 36.4 Å². The fourth-order valence-corrected chi connectivity index (χ4v) is 5.35. The van der Waals surface area contributed by atoms with Crippen molar-refractivity contribution in [3.8, 4) is 28.4 Å². The van der Waals surface area contributed by atoms with E-state index in [0.29, 0.717) is 18.7 Å². The van der Waals surface area contributed by atoms with Crippen LogP contribution in [0.1, 0.15) is 66.7 Å². The van der Waals surface area contributed by atoms with E-state index in [0.717, 1.165) is 78.4 Å². The van der Waals surface area contributed by atoms with Gasteiger partial charge >= 0.3 is 5.97 Å². The van der Waals surface area contributed by atoms with E-state index in [9.17, 15) is 14.7 Å². The Morgan fingerprint density at radius 2 is 1.65 bits per heavy atom. The van der Waals surface area contributed by atoms with Crippen LogP contribution in [0, 0.1) is 0 Å². The molecule has 0 saturated carbocycles. The van der Waals surface area contributed by atoms with E-state index in [-0.39, 0.29) is 12.0 Å². The molecule has 0 aliphatic rings. The SMILES string of the molecule is CCCCN(Cc1ccc(C(N)=O)c(CC(=O)O)c1)Cc1c(-c2ccc(OC)cc2)nc(-c2ccccc2)n1CCCC. The maximum absolute atomic E-state index is 12.0. The summed E-state index contributed by atoms with van der Waals surface area (Å²) in [6, 6.07) is 23.7. The highest BCUT2D eigenvalue weighted by Gasteiger charge is 2.22. The molecule has 0 radical (unpaired) electrons. The number of nitrogens with zero attached hydrogens (tertiary/aromatic N) is 3. The standard InChI is InChI=1S/C35H42N4O4/c1-4-6-19-38(23-25-13-18-30(34(36)42)28(21-25)22-32(40)41)24-31-33(26-14-16-29(43-3)17-15-26)37-35(39(31)20-7-5-2)27-11-9-8-10-12-27/h8-18,21H,4-7,19-20,22-24H2,1-3H3,(H2,36,42)(H,40,41). The minimum Gasteiger partial charge on any atom is -0.497 e. The molecule has 3 N–H and O–H groups in total. The Morgan fingerprint density at radius 1 is 0.930 bits per heavy atom. The molecule has 0 atom stereocenters. The van der Waals surface area contributed by atoms with Crippen LogP contribution in [0.3, 0.4) is 0 Å². The van der Waals surface area contributed by atoms with Gasteiger partial charge < -0.3 is 20.1 Å². The fraction of sp³-hybridized carbons (Fsp3) is 0.343. The molecule has 1 heterocycles. The van der Waals surface area contributed by atoms with Crippen molar-refractivity contribution in [2.45, 2.75) is 65.6 Å². The molecule has 8 heteroatoms. The normalized spacial score (nSPS) is 11.2. The lowest BCUT2D eigenvalue weighted by atomic mass is 10.00. The van der Waals surface area contributed by atoms with Crippen molar-refractivity contribution in [2.24, 2.45) is 5.73 Å². The van der Waals surface area contributed by atoms with E-state index < -0.39 is 11.9 Å². The molecule has 226 valence electrons. The van der Waals surface area contributed by atoms with E-state index in [1.165, 1.54) is 0 Å². The molecule has 4 aromatic rings. The maximum atomic E-state index is 12.0. The van der Waals surface area contributed by atoms with Crippen molar-refractivity contribution in [1.29, 1.82) is 0 Å². The number of aliphatic carboxylic acids is 1. The van der Waals surface area contributed by atoms with Crippen LogP contribution < -0.4 is 10.5 Å². The molecule has 0 fully saturated rings. The fourth-order valence-electron chi connectivity index (χ4n) is 5.35. The number of benzene rings is 3. The quantitative estimate of drug-likeness (QED) is 0.155. The van der Waals surface area contributed by atoms with Gasteiger partial charge in [-0.3, -0.25) is 14.5 Å². The molecular weight excluding hydrogens is 540 g/mol.